The summed E-state index contributed by atoms with van der Waals surface area (Å²) in [6.45, 7) is 5.79. The van der Waals surface area contributed by atoms with Gasteiger partial charge in [0, 0.05) is 43.5 Å². The van der Waals surface area contributed by atoms with Crippen molar-refractivity contribution in [1.29, 1.82) is 5.41 Å². The third kappa shape index (κ3) is 8.74. The van der Waals surface area contributed by atoms with Crippen molar-refractivity contribution in [3.8, 4) is 0 Å². The molecule has 0 spiro atoms. The van der Waals surface area contributed by atoms with Crippen LogP contribution in [0.3, 0.4) is 0 Å². The zero-order chi connectivity index (χ0) is 34.5. The average Bonchev–Trinajstić information content (AvgIpc) is 3.71. The summed E-state index contributed by atoms with van der Waals surface area (Å²) in [5.74, 6) is 0.599. The van der Waals surface area contributed by atoms with E-state index in [0.717, 1.165) is 31.9 Å². The van der Waals surface area contributed by atoms with E-state index in [1.54, 1.807) is 27.0 Å². The lowest BCUT2D eigenvalue weighted by Gasteiger charge is -2.30. The van der Waals surface area contributed by atoms with E-state index >= 15 is 0 Å². The lowest BCUT2D eigenvalue weighted by Crippen LogP contribution is -2.32. The van der Waals surface area contributed by atoms with Crippen LogP contribution in [0.1, 0.15) is 84.8 Å². The number of halogens is 6. The minimum absolute atomic E-state index is 0.0433. The average molecular weight is 669 g/mol. The molecule has 1 saturated carbocycles. The monoisotopic (exact) mass is 668 g/mol. The van der Waals surface area contributed by atoms with E-state index in [1.807, 2.05) is 6.92 Å². The van der Waals surface area contributed by atoms with Gasteiger partial charge in [-0.2, -0.15) is 31.3 Å². The van der Waals surface area contributed by atoms with Crippen molar-refractivity contribution >= 4 is 29.3 Å². The largest absolute Gasteiger partial charge is 0.461 e. The fourth-order valence-electron chi connectivity index (χ4n) is 5.72. The Bertz CT molecular complexity index is 1530. The van der Waals surface area contributed by atoms with Crippen molar-refractivity contribution in [3.63, 3.8) is 0 Å². The molecule has 4 rings (SSSR count). The number of carbonyl (C=O) groups is 1. The van der Waals surface area contributed by atoms with Crippen LogP contribution in [0.2, 0.25) is 0 Å². The van der Waals surface area contributed by atoms with Crippen LogP contribution in [0.25, 0.3) is 0 Å². The fraction of sp³-hybridized carbons (Fsp3) is 0.500. The number of aromatic nitrogens is 2. The van der Waals surface area contributed by atoms with Crippen LogP contribution in [0.15, 0.2) is 34.9 Å². The highest BCUT2D eigenvalue weighted by molar-refractivity contribution is 6.01. The van der Waals surface area contributed by atoms with Gasteiger partial charge in [-0.3, -0.25) is 0 Å². The molecule has 2 aromatic heterocycles. The molecule has 0 unspecified atom stereocenters. The lowest BCUT2D eigenvalue weighted by atomic mass is 10.0. The first kappa shape index (κ1) is 35.6. The Hall–Kier alpha value is -4.30. The molecule has 0 saturated heterocycles. The maximum atomic E-state index is 13.7. The molecule has 0 amide bonds. The van der Waals surface area contributed by atoms with Crippen molar-refractivity contribution in [3.05, 3.63) is 64.0 Å². The number of alkyl halides is 6. The second kappa shape index (κ2) is 14.6. The molecule has 9 nitrogen and oxygen atoms in total. The van der Waals surface area contributed by atoms with Gasteiger partial charge < -0.3 is 29.7 Å². The summed E-state index contributed by atoms with van der Waals surface area (Å²) in [6.07, 6.45) is -4.72. The molecule has 0 radical (unpaired) electrons. The van der Waals surface area contributed by atoms with Crippen LogP contribution in [0.4, 0.5) is 44.0 Å². The van der Waals surface area contributed by atoms with E-state index in [9.17, 15) is 31.1 Å². The molecule has 1 aliphatic carbocycles. The fourth-order valence-corrected chi connectivity index (χ4v) is 5.72. The molecule has 0 atom stereocenters. The Kier molecular flexibility index (Phi) is 11.1. The third-order valence-corrected chi connectivity index (χ3v) is 7.98. The van der Waals surface area contributed by atoms with E-state index in [1.165, 1.54) is 4.90 Å². The molecule has 256 valence electrons. The van der Waals surface area contributed by atoms with E-state index in [4.69, 9.17) is 19.5 Å². The van der Waals surface area contributed by atoms with Crippen LogP contribution in [0, 0.1) is 11.3 Å². The van der Waals surface area contributed by atoms with Gasteiger partial charge in [0.05, 0.1) is 24.3 Å². The van der Waals surface area contributed by atoms with Crippen LogP contribution in [-0.2, 0) is 30.2 Å². The minimum atomic E-state index is -5.04. The zero-order valence-corrected chi connectivity index (χ0v) is 26.6. The number of carbonyl (C=O) groups excluding carboxylic acids is 1. The maximum Gasteiger partial charge on any atom is 0.416 e. The highest BCUT2D eigenvalue weighted by Crippen LogP contribution is 2.38. The third-order valence-electron chi connectivity index (χ3n) is 7.98. The molecule has 1 aliphatic rings. The van der Waals surface area contributed by atoms with E-state index in [2.05, 4.69) is 15.2 Å². The second-order valence-corrected chi connectivity index (χ2v) is 11.4. The Morgan fingerprint density at radius 1 is 1.00 bits per heavy atom. The summed E-state index contributed by atoms with van der Waals surface area (Å²) < 4.78 is 93.0. The van der Waals surface area contributed by atoms with Gasteiger partial charge in [-0.05, 0) is 69.4 Å². The maximum absolute atomic E-state index is 13.7. The van der Waals surface area contributed by atoms with Crippen molar-refractivity contribution in [2.24, 2.45) is 5.92 Å². The first-order valence-corrected chi connectivity index (χ1v) is 15.3. The number of benzene rings is 1. The molecule has 15 heteroatoms. The second-order valence-electron chi connectivity index (χ2n) is 11.4. The van der Waals surface area contributed by atoms with Crippen LogP contribution < -0.4 is 15.1 Å². The SMILES string of the molecule is CCOC(=O)c1coc(N(Cc2cc(C(F)(F)F)cc(C(F)(F)F)c2)Cc2cc(C(C)=N)c(NC)nc2N(CC)CC2CCCC2)n1. The molecule has 0 aliphatic heterocycles. The van der Waals surface area contributed by atoms with Gasteiger partial charge in [-0.15, -0.1) is 0 Å². The molecule has 2 heterocycles. The minimum Gasteiger partial charge on any atom is -0.461 e. The number of hydrogen-bond donors (Lipinski definition) is 2. The highest BCUT2D eigenvalue weighted by Gasteiger charge is 2.37. The first-order valence-electron chi connectivity index (χ1n) is 15.3. The predicted molar refractivity (Wildman–Crippen MR) is 165 cm³/mol. The number of nitrogens with zero attached hydrogens (tertiary/aromatic N) is 4. The smallest absolute Gasteiger partial charge is 0.416 e. The van der Waals surface area contributed by atoms with E-state index < -0.39 is 36.0 Å². The number of esters is 1. The molecule has 1 fully saturated rings. The standard InChI is InChI=1S/C32H38F6N6O3/c1-5-43(15-20-9-7-8-10-20)28-22(13-25(19(3)39)27(40-4)42-28)17-44(30-41-26(18-47-30)29(45)46-6-2)16-21-11-23(31(33,34)35)14-24(12-21)32(36,37)38/h11-14,18,20,39H,5-10,15-17H2,1-4H3,(H,40,42). The van der Waals surface area contributed by atoms with Gasteiger partial charge in [0.15, 0.2) is 5.69 Å². The number of oxazole rings is 1. The van der Waals surface area contributed by atoms with Gasteiger partial charge in [-0.1, -0.05) is 12.8 Å². The van der Waals surface area contributed by atoms with Crippen molar-refractivity contribution in [1.82, 2.24) is 9.97 Å². The molecule has 3 aromatic rings. The highest BCUT2D eigenvalue weighted by atomic mass is 19.4. The van der Waals surface area contributed by atoms with Crippen molar-refractivity contribution in [2.75, 3.05) is 41.9 Å². The Morgan fingerprint density at radius 2 is 1.64 bits per heavy atom. The number of anilines is 3. The Morgan fingerprint density at radius 3 is 2.17 bits per heavy atom. The lowest BCUT2D eigenvalue weighted by molar-refractivity contribution is -0.143. The Labute approximate surface area is 268 Å². The number of hydrogen-bond acceptors (Lipinski definition) is 9. The van der Waals surface area contributed by atoms with E-state index in [0.29, 0.717) is 53.9 Å². The molecular weight excluding hydrogens is 630 g/mol. The Balaban J connectivity index is 1.86. The van der Waals surface area contributed by atoms with E-state index in [-0.39, 0.29) is 42.2 Å². The summed E-state index contributed by atoms with van der Waals surface area (Å²) in [5.41, 5.74) is -2.27. The van der Waals surface area contributed by atoms with Crippen LogP contribution >= 0.6 is 0 Å². The number of pyridine rings is 1. The van der Waals surface area contributed by atoms with Gasteiger partial charge in [0.1, 0.15) is 17.9 Å². The zero-order valence-electron chi connectivity index (χ0n) is 26.6. The summed E-state index contributed by atoms with van der Waals surface area (Å²) in [4.78, 5) is 24.8. The van der Waals surface area contributed by atoms with Crippen molar-refractivity contribution < 1.29 is 40.3 Å². The summed E-state index contributed by atoms with van der Waals surface area (Å²) in [6, 6.07) is 2.86. The quantitative estimate of drug-likeness (QED) is 0.107. The summed E-state index contributed by atoms with van der Waals surface area (Å²) in [7, 11) is 1.67. The topological polar surface area (TPSA) is 108 Å². The number of rotatable bonds is 13. The van der Waals surface area contributed by atoms with Crippen molar-refractivity contribution in [2.45, 2.75) is 71.9 Å². The molecule has 2 N–H and O–H groups in total. The molecule has 1 aromatic carbocycles. The molecular formula is C32H38F6N6O3. The van der Waals surface area contributed by atoms with Crippen LogP contribution in [-0.4, -0.2) is 48.4 Å². The van der Waals surface area contributed by atoms with Gasteiger partial charge >= 0.3 is 18.3 Å². The number of ether oxygens (including phenoxy) is 1. The summed E-state index contributed by atoms with van der Waals surface area (Å²) in [5, 5.41) is 11.4. The van der Waals surface area contributed by atoms with Gasteiger partial charge in [0.2, 0.25) is 0 Å². The normalized spacial score (nSPS) is 13.9. The van der Waals surface area contributed by atoms with Gasteiger partial charge in [-0.25, -0.2) is 9.78 Å². The van der Waals surface area contributed by atoms with Crippen LogP contribution in [0.5, 0.6) is 0 Å². The first-order chi connectivity index (χ1) is 22.1. The predicted octanol–water partition coefficient (Wildman–Crippen LogP) is 7.94. The summed E-state index contributed by atoms with van der Waals surface area (Å²) >= 11 is 0. The number of nitrogens with one attached hydrogen (secondary N) is 2. The van der Waals surface area contributed by atoms with Gasteiger partial charge in [0.25, 0.3) is 6.01 Å². The molecule has 0 bridgehead atoms. The molecule has 47 heavy (non-hydrogen) atoms.